The van der Waals surface area contributed by atoms with Crippen molar-refractivity contribution in [2.45, 2.75) is 13.0 Å². The van der Waals surface area contributed by atoms with Gasteiger partial charge in [-0.1, -0.05) is 30.3 Å². The van der Waals surface area contributed by atoms with E-state index in [0.29, 0.717) is 18.8 Å². The first-order valence-corrected chi connectivity index (χ1v) is 6.57. The summed E-state index contributed by atoms with van der Waals surface area (Å²) in [4.78, 5) is 0. The fourth-order valence-electron chi connectivity index (χ4n) is 1.91. The first-order valence-electron chi connectivity index (χ1n) is 6.57. The minimum atomic E-state index is -1.83. The molecule has 3 N–H and O–H groups in total. The predicted octanol–water partition coefficient (Wildman–Crippen LogP) is 0.619. The van der Waals surface area contributed by atoms with Crippen LogP contribution in [0.4, 0.5) is 4.39 Å². The van der Waals surface area contributed by atoms with E-state index in [9.17, 15) is 4.39 Å². The van der Waals surface area contributed by atoms with E-state index in [-0.39, 0.29) is 12.1 Å². The normalized spacial score (nSPS) is 10.5. The van der Waals surface area contributed by atoms with Crippen molar-refractivity contribution in [1.29, 1.82) is 0 Å². The topological polar surface area (TPSA) is 69.9 Å². The second-order valence-corrected chi connectivity index (χ2v) is 4.63. The van der Waals surface area contributed by atoms with Gasteiger partial charge in [0.15, 0.2) is 0 Å². The molecule has 110 valence electrons. The van der Waals surface area contributed by atoms with Crippen LogP contribution in [-0.4, -0.2) is 28.9 Å². The zero-order chi connectivity index (χ0) is 15.2. The summed E-state index contributed by atoms with van der Waals surface area (Å²) in [7, 11) is -1.83. The Hall–Kier alpha value is -1.89. The van der Waals surface area contributed by atoms with Crippen molar-refractivity contribution in [1.82, 2.24) is 0 Å². The van der Waals surface area contributed by atoms with Crippen LogP contribution in [0, 0.1) is 5.82 Å². The summed E-state index contributed by atoms with van der Waals surface area (Å²) in [5.41, 5.74) is 1.72. The van der Waals surface area contributed by atoms with Crippen molar-refractivity contribution in [3.8, 4) is 5.75 Å². The summed E-state index contributed by atoms with van der Waals surface area (Å²) < 4.78 is 18.9. The second kappa shape index (κ2) is 7.22. The highest BCUT2D eigenvalue weighted by molar-refractivity contribution is 6.58. The lowest BCUT2D eigenvalue weighted by atomic mass is 9.80. The van der Waals surface area contributed by atoms with Gasteiger partial charge in [0.2, 0.25) is 0 Å². The molecule has 0 heterocycles. The van der Waals surface area contributed by atoms with Gasteiger partial charge in [-0.3, -0.25) is 0 Å². The molecule has 0 radical (unpaired) electrons. The van der Waals surface area contributed by atoms with Gasteiger partial charge < -0.3 is 19.9 Å². The molecule has 2 aromatic rings. The molecule has 0 bridgehead atoms. The van der Waals surface area contributed by atoms with E-state index in [0.717, 1.165) is 17.2 Å². The van der Waals surface area contributed by atoms with Gasteiger partial charge in [0.1, 0.15) is 11.6 Å². The molecule has 6 heteroatoms. The van der Waals surface area contributed by atoms with Crippen LogP contribution in [0.25, 0.3) is 0 Å². The summed E-state index contributed by atoms with van der Waals surface area (Å²) >= 11 is 0. The fraction of sp³-hybridized carbons (Fsp3) is 0.200. The molecular formula is C15H16BFO4. The van der Waals surface area contributed by atoms with Gasteiger partial charge in [-0.05, 0) is 17.2 Å². The monoisotopic (exact) mass is 290 g/mol. The molecule has 0 aliphatic rings. The Balaban J connectivity index is 1.89. The van der Waals surface area contributed by atoms with Crippen molar-refractivity contribution < 1.29 is 24.3 Å². The van der Waals surface area contributed by atoms with Crippen molar-refractivity contribution >= 4 is 12.6 Å². The summed E-state index contributed by atoms with van der Waals surface area (Å²) in [6.07, 6.45) is 0.651. The second-order valence-electron chi connectivity index (χ2n) is 4.63. The van der Waals surface area contributed by atoms with Gasteiger partial charge >= 0.3 is 7.12 Å². The fourth-order valence-corrected chi connectivity index (χ4v) is 1.91. The number of aliphatic hydroxyl groups is 1. The average Bonchev–Trinajstić information content (AvgIpc) is 2.47. The van der Waals surface area contributed by atoms with E-state index in [2.05, 4.69) is 0 Å². The van der Waals surface area contributed by atoms with E-state index >= 15 is 0 Å². The number of aliphatic hydroxyl groups excluding tert-OH is 1. The summed E-state index contributed by atoms with van der Waals surface area (Å²) in [5.74, 6) is -0.376. The third kappa shape index (κ3) is 4.29. The van der Waals surface area contributed by atoms with Gasteiger partial charge in [-0.15, -0.1) is 0 Å². The van der Waals surface area contributed by atoms with Crippen LogP contribution in [0.2, 0.25) is 0 Å². The Kier molecular flexibility index (Phi) is 5.33. The smallest absolute Gasteiger partial charge is 0.491 e. The minimum absolute atomic E-state index is 0.0130. The van der Waals surface area contributed by atoms with Crippen LogP contribution in [0.15, 0.2) is 42.5 Å². The zero-order valence-electron chi connectivity index (χ0n) is 11.4. The summed E-state index contributed by atoms with van der Waals surface area (Å²) in [6, 6.07) is 11.4. The zero-order valence-corrected chi connectivity index (χ0v) is 11.4. The maximum Gasteiger partial charge on any atom is 0.491 e. The SMILES string of the molecule is OCc1ccc(CCOc2ccc(B(O)O)c(F)c2)cc1. The van der Waals surface area contributed by atoms with E-state index in [1.807, 2.05) is 24.3 Å². The minimum Gasteiger partial charge on any atom is -0.493 e. The molecule has 0 saturated heterocycles. The van der Waals surface area contributed by atoms with Crippen LogP contribution in [-0.2, 0) is 13.0 Å². The molecule has 0 saturated carbocycles. The van der Waals surface area contributed by atoms with Crippen LogP contribution in [0.3, 0.4) is 0 Å². The largest absolute Gasteiger partial charge is 0.493 e. The number of hydrogen-bond donors (Lipinski definition) is 3. The van der Waals surface area contributed by atoms with Crippen LogP contribution >= 0.6 is 0 Å². The third-order valence-electron chi connectivity index (χ3n) is 3.12. The van der Waals surface area contributed by atoms with Gasteiger partial charge in [-0.25, -0.2) is 4.39 Å². The molecule has 0 atom stereocenters. The van der Waals surface area contributed by atoms with Crippen LogP contribution in [0.1, 0.15) is 11.1 Å². The van der Waals surface area contributed by atoms with E-state index in [4.69, 9.17) is 19.9 Å². The third-order valence-corrected chi connectivity index (χ3v) is 3.12. The lowest BCUT2D eigenvalue weighted by Gasteiger charge is -2.08. The van der Waals surface area contributed by atoms with Crippen molar-refractivity contribution in [2.24, 2.45) is 0 Å². The van der Waals surface area contributed by atoms with Crippen molar-refractivity contribution in [3.05, 3.63) is 59.4 Å². The summed E-state index contributed by atoms with van der Waals surface area (Å²) in [6.45, 7) is 0.387. The molecule has 0 spiro atoms. The molecule has 0 aliphatic heterocycles. The highest BCUT2D eigenvalue weighted by Gasteiger charge is 2.16. The standard InChI is InChI=1S/C15H16BFO4/c17-15-9-13(5-6-14(15)16(19)20)21-8-7-11-1-3-12(10-18)4-2-11/h1-6,9,18-20H,7-8,10H2. The molecule has 0 aliphatic carbocycles. The average molecular weight is 290 g/mol. The van der Waals surface area contributed by atoms with E-state index in [1.54, 1.807) is 0 Å². The predicted molar refractivity (Wildman–Crippen MR) is 77.8 cm³/mol. The Morgan fingerprint density at radius 2 is 1.67 bits per heavy atom. The van der Waals surface area contributed by atoms with Gasteiger partial charge in [-0.2, -0.15) is 0 Å². The van der Waals surface area contributed by atoms with Gasteiger partial charge in [0, 0.05) is 17.9 Å². The molecule has 2 aromatic carbocycles. The quantitative estimate of drug-likeness (QED) is 0.682. The molecule has 0 unspecified atom stereocenters. The molecule has 0 aromatic heterocycles. The first kappa shape index (κ1) is 15.5. The maximum absolute atomic E-state index is 13.5. The molecular weight excluding hydrogens is 274 g/mol. The molecule has 4 nitrogen and oxygen atoms in total. The van der Waals surface area contributed by atoms with Gasteiger partial charge in [0.25, 0.3) is 0 Å². The Morgan fingerprint density at radius 3 is 2.24 bits per heavy atom. The van der Waals surface area contributed by atoms with E-state index < -0.39 is 12.9 Å². The van der Waals surface area contributed by atoms with Crippen molar-refractivity contribution in [3.63, 3.8) is 0 Å². The highest BCUT2D eigenvalue weighted by Crippen LogP contribution is 2.12. The molecule has 21 heavy (non-hydrogen) atoms. The number of hydrogen-bond acceptors (Lipinski definition) is 4. The lowest BCUT2D eigenvalue weighted by molar-refractivity contribution is 0.282. The number of ether oxygens (including phenoxy) is 1. The highest BCUT2D eigenvalue weighted by atomic mass is 19.1. The maximum atomic E-state index is 13.5. The molecule has 0 amide bonds. The molecule has 0 fully saturated rings. The van der Waals surface area contributed by atoms with Crippen molar-refractivity contribution in [2.75, 3.05) is 6.61 Å². The lowest BCUT2D eigenvalue weighted by Crippen LogP contribution is -2.32. The number of benzene rings is 2. The van der Waals surface area contributed by atoms with Gasteiger partial charge in [0.05, 0.1) is 13.2 Å². The van der Waals surface area contributed by atoms with Crippen LogP contribution in [0.5, 0.6) is 5.75 Å². The van der Waals surface area contributed by atoms with E-state index in [1.165, 1.54) is 12.1 Å². The number of halogens is 1. The Morgan fingerprint density at radius 1 is 1.00 bits per heavy atom. The number of rotatable bonds is 6. The first-order chi connectivity index (χ1) is 10.1. The Labute approximate surface area is 122 Å². The van der Waals surface area contributed by atoms with Crippen LogP contribution < -0.4 is 10.2 Å². The Bertz CT molecular complexity index is 587. The summed E-state index contributed by atoms with van der Waals surface area (Å²) in [5, 5.41) is 26.8. The molecule has 2 rings (SSSR count).